The molecule has 2 N–H and O–H groups in total. The van der Waals surface area contributed by atoms with Gasteiger partial charge in [-0.25, -0.2) is 9.37 Å². The molecule has 0 saturated carbocycles. The van der Waals surface area contributed by atoms with E-state index in [0.29, 0.717) is 51.0 Å². The summed E-state index contributed by atoms with van der Waals surface area (Å²) in [5, 5.41) is 0.621. The zero-order valence-electron chi connectivity index (χ0n) is 16.1. The largest absolute Gasteiger partial charge is 0.481 e. The lowest BCUT2D eigenvalue weighted by Gasteiger charge is -2.10. The van der Waals surface area contributed by atoms with Crippen molar-refractivity contribution in [2.24, 2.45) is 5.73 Å². The minimum Gasteiger partial charge on any atom is -0.481 e. The molecular weight excluding hydrogens is 385 g/mol. The van der Waals surface area contributed by atoms with Crippen LogP contribution in [0.1, 0.15) is 26.4 Å². The number of carbonyl (C=O) groups excluding carboxylic acids is 2. The number of fused-ring (bicyclic) bond motifs is 1. The van der Waals surface area contributed by atoms with Gasteiger partial charge in [-0.1, -0.05) is 18.2 Å². The lowest BCUT2D eigenvalue weighted by Crippen LogP contribution is -2.10. The second-order valence-electron chi connectivity index (χ2n) is 6.71. The molecule has 2 aromatic heterocycles. The molecule has 2 aromatic carbocycles. The maximum atomic E-state index is 14.3. The van der Waals surface area contributed by atoms with Gasteiger partial charge < -0.3 is 15.0 Å². The maximum absolute atomic E-state index is 14.3. The highest BCUT2D eigenvalue weighted by atomic mass is 19.1. The Morgan fingerprint density at radius 1 is 1.20 bits per heavy atom. The van der Waals surface area contributed by atoms with Crippen LogP contribution in [-0.2, 0) is 6.54 Å². The van der Waals surface area contributed by atoms with Crippen molar-refractivity contribution in [1.82, 2.24) is 9.55 Å². The monoisotopic (exact) mass is 403 g/mol. The van der Waals surface area contributed by atoms with Gasteiger partial charge in [0.25, 0.3) is 0 Å². The summed E-state index contributed by atoms with van der Waals surface area (Å²) in [6, 6.07) is 14.8. The van der Waals surface area contributed by atoms with Gasteiger partial charge in [-0.3, -0.25) is 9.59 Å². The van der Waals surface area contributed by atoms with Crippen LogP contribution in [0.3, 0.4) is 0 Å². The molecule has 4 aromatic rings. The number of nitrogens with zero attached hydrogens (tertiary/aromatic N) is 2. The quantitative estimate of drug-likeness (QED) is 0.496. The molecule has 0 bridgehead atoms. The molecule has 1 amide bonds. The number of primary amides is 1. The fourth-order valence-corrected chi connectivity index (χ4v) is 3.64. The molecule has 0 saturated heterocycles. The first-order valence-corrected chi connectivity index (χ1v) is 9.19. The first-order chi connectivity index (χ1) is 14.5. The number of rotatable bonds is 6. The van der Waals surface area contributed by atoms with Gasteiger partial charge in [0.15, 0.2) is 6.29 Å². The zero-order valence-corrected chi connectivity index (χ0v) is 16.1. The van der Waals surface area contributed by atoms with Crippen LogP contribution in [0.4, 0.5) is 4.39 Å². The number of amides is 1. The highest BCUT2D eigenvalue weighted by Crippen LogP contribution is 2.39. The smallest absolute Gasteiger partial charge is 0.248 e. The van der Waals surface area contributed by atoms with E-state index in [1.807, 2.05) is 0 Å². The molecule has 0 aliphatic heterocycles. The van der Waals surface area contributed by atoms with E-state index >= 15 is 0 Å². The number of hydrogen-bond acceptors (Lipinski definition) is 4. The van der Waals surface area contributed by atoms with E-state index in [0.717, 1.165) is 0 Å². The lowest BCUT2D eigenvalue weighted by molar-refractivity contribution is 0.1000. The molecule has 150 valence electrons. The van der Waals surface area contributed by atoms with Gasteiger partial charge in [0, 0.05) is 39.4 Å². The fraction of sp³-hybridized carbons (Fsp3) is 0.0870. The highest BCUT2D eigenvalue weighted by molar-refractivity contribution is 6.08. The number of carbonyl (C=O) groups is 2. The molecule has 0 unspecified atom stereocenters. The molecule has 0 aliphatic carbocycles. The van der Waals surface area contributed by atoms with E-state index in [2.05, 4.69) is 4.98 Å². The van der Waals surface area contributed by atoms with Crippen LogP contribution >= 0.6 is 0 Å². The molecule has 30 heavy (non-hydrogen) atoms. The van der Waals surface area contributed by atoms with Crippen LogP contribution in [0, 0.1) is 5.82 Å². The first-order valence-electron chi connectivity index (χ1n) is 9.19. The lowest BCUT2D eigenvalue weighted by atomic mass is 10.0. The summed E-state index contributed by atoms with van der Waals surface area (Å²) in [5.41, 5.74) is 8.31. The molecule has 0 radical (unpaired) electrons. The maximum Gasteiger partial charge on any atom is 0.248 e. The van der Waals surface area contributed by atoms with Crippen LogP contribution in [0.15, 0.2) is 60.8 Å². The minimum absolute atomic E-state index is 0.135. The van der Waals surface area contributed by atoms with Crippen molar-refractivity contribution in [1.29, 1.82) is 0 Å². The number of aromatic nitrogens is 2. The van der Waals surface area contributed by atoms with Gasteiger partial charge in [0.2, 0.25) is 11.8 Å². The summed E-state index contributed by atoms with van der Waals surface area (Å²) < 4.78 is 21.4. The van der Waals surface area contributed by atoms with Crippen LogP contribution in [0.5, 0.6) is 5.88 Å². The van der Waals surface area contributed by atoms with Crippen LogP contribution in [0.2, 0.25) is 0 Å². The van der Waals surface area contributed by atoms with E-state index in [1.165, 1.54) is 13.2 Å². The Kier molecular flexibility index (Phi) is 5.02. The number of methoxy groups -OCH3 is 1. The van der Waals surface area contributed by atoms with Crippen molar-refractivity contribution in [3.05, 3.63) is 83.4 Å². The Labute approximate surface area is 171 Å². The summed E-state index contributed by atoms with van der Waals surface area (Å²) in [4.78, 5) is 28.2. The summed E-state index contributed by atoms with van der Waals surface area (Å²) >= 11 is 0. The zero-order chi connectivity index (χ0) is 21.3. The summed E-state index contributed by atoms with van der Waals surface area (Å²) in [6.07, 6.45) is 2.29. The topological polar surface area (TPSA) is 87.2 Å². The Balaban J connectivity index is 2.06. The van der Waals surface area contributed by atoms with Crippen molar-refractivity contribution in [3.8, 4) is 17.0 Å². The first kappa shape index (κ1) is 19.3. The number of halogens is 1. The van der Waals surface area contributed by atoms with Gasteiger partial charge >= 0.3 is 0 Å². The predicted molar refractivity (Wildman–Crippen MR) is 111 cm³/mol. The summed E-state index contributed by atoms with van der Waals surface area (Å²) in [6.45, 7) is 0.135. The Morgan fingerprint density at radius 2 is 2.00 bits per heavy atom. The molecule has 0 spiro atoms. The van der Waals surface area contributed by atoms with Crippen molar-refractivity contribution in [3.63, 3.8) is 0 Å². The molecule has 6 nitrogen and oxygen atoms in total. The third-order valence-electron chi connectivity index (χ3n) is 5.02. The van der Waals surface area contributed by atoms with Gasteiger partial charge in [0.05, 0.1) is 19.3 Å². The second-order valence-corrected chi connectivity index (χ2v) is 6.71. The molecule has 2 heterocycles. The van der Waals surface area contributed by atoms with Gasteiger partial charge in [0.1, 0.15) is 5.82 Å². The normalized spacial score (nSPS) is 10.9. The third-order valence-corrected chi connectivity index (χ3v) is 5.02. The average Bonchev–Trinajstić information content (AvgIpc) is 3.07. The number of benzene rings is 2. The Bertz CT molecular complexity index is 1280. The standard InChI is InChI=1S/C23H18FN3O3/c1-30-23-16(6-4-10-26-23)21-17-11-14(22(25)29)8-9-19(17)27(20(21)13-28)12-15-5-2-3-7-18(15)24/h2-11,13H,12H2,1H3,(H2,25,29). The van der Waals surface area contributed by atoms with Crippen molar-refractivity contribution < 1.29 is 18.7 Å². The number of ether oxygens (including phenoxy) is 1. The molecule has 0 aliphatic rings. The molecule has 7 heteroatoms. The summed E-state index contributed by atoms with van der Waals surface area (Å²) in [7, 11) is 1.49. The van der Waals surface area contributed by atoms with E-state index < -0.39 is 5.91 Å². The van der Waals surface area contributed by atoms with Gasteiger partial charge in [-0.05, 0) is 36.4 Å². The predicted octanol–water partition coefficient (Wildman–Crippen LogP) is 3.81. The second kappa shape index (κ2) is 7.79. The molecule has 0 atom stereocenters. The van der Waals surface area contributed by atoms with Crippen LogP contribution in [-0.4, -0.2) is 28.9 Å². The van der Waals surface area contributed by atoms with Crippen LogP contribution < -0.4 is 10.5 Å². The fourth-order valence-electron chi connectivity index (χ4n) is 3.64. The SMILES string of the molecule is COc1ncccc1-c1c(C=O)n(Cc2ccccc2F)c2ccc(C(N)=O)cc12. The van der Waals surface area contributed by atoms with Gasteiger partial charge in [-0.2, -0.15) is 0 Å². The number of aldehydes is 1. The number of pyridine rings is 1. The Hall–Kier alpha value is -4.00. The number of nitrogens with two attached hydrogens (primary N) is 1. The van der Waals surface area contributed by atoms with Crippen LogP contribution in [0.25, 0.3) is 22.0 Å². The number of hydrogen-bond donors (Lipinski definition) is 1. The van der Waals surface area contributed by atoms with Crippen molar-refractivity contribution in [2.45, 2.75) is 6.54 Å². The Morgan fingerprint density at radius 3 is 2.70 bits per heavy atom. The van der Waals surface area contributed by atoms with E-state index in [4.69, 9.17) is 10.5 Å². The van der Waals surface area contributed by atoms with E-state index in [9.17, 15) is 14.0 Å². The van der Waals surface area contributed by atoms with Gasteiger partial charge in [-0.15, -0.1) is 0 Å². The molecular formula is C23H18FN3O3. The van der Waals surface area contributed by atoms with Crippen molar-refractivity contribution in [2.75, 3.05) is 7.11 Å². The summed E-state index contributed by atoms with van der Waals surface area (Å²) in [5.74, 6) is -0.629. The van der Waals surface area contributed by atoms with E-state index in [-0.39, 0.29) is 12.4 Å². The van der Waals surface area contributed by atoms with Crippen molar-refractivity contribution >= 4 is 23.1 Å². The minimum atomic E-state index is -0.587. The molecule has 0 fully saturated rings. The van der Waals surface area contributed by atoms with E-state index in [1.54, 1.807) is 59.3 Å². The average molecular weight is 403 g/mol. The molecule has 4 rings (SSSR count). The third kappa shape index (κ3) is 3.20. The highest BCUT2D eigenvalue weighted by Gasteiger charge is 2.22.